The lowest BCUT2D eigenvalue weighted by Gasteiger charge is -2.09. The van der Waals surface area contributed by atoms with E-state index in [9.17, 15) is 14.4 Å². The minimum atomic E-state index is -0.342. The molecular formula is C24H25N7O3. The van der Waals surface area contributed by atoms with Crippen LogP contribution in [0.15, 0.2) is 52.4 Å². The summed E-state index contributed by atoms with van der Waals surface area (Å²) in [6.07, 6.45) is 8.11. The Kier molecular flexibility index (Phi) is 5.79. The van der Waals surface area contributed by atoms with Crippen molar-refractivity contribution < 1.29 is 4.79 Å². The number of nitrogens with zero attached hydrogens (tertiary/aromatic N) is 5. The molecule has 0 aromatic carbocycles. The lowest BCUT2D eigenvalue weighted by atomic mass is 10.2. The summed E-state index contributed by atoms with van der Waals surface area (Å²) in [6.45, 7) is 2.92. The molecule has 34 heavy (non-hydrogen) atoms. The fourth-order valence-electron chi connectivity index (χ4n) is 3.98. The molecule has 0 unspecified atom stereocenters. The van der Waals surface area contributed by atoms with Crippen molar-refractivity contribution in [3.8, 4) is 11.4 Å². The van der Waals surface area contributed by atoms with Gasteiger partial charge in [-0.15, -0.1) is 0 Å². The van der Waals surface area contributed by atoms with Crippen LogP contribution in [-0.2, 0) is 13.0 Å². The summed E-state index contributed by atoms with van der Waals surface area (Å²) < 4.78 is 2.91. The van der Waals surface area contributed by atoms with Crippen molar-refractivity contribution in [2.75, 3.05) is 6.54 Å². The first-order chi connectivity index (χ1) is 16.6. The molecular weight excluding hydrogens is 434 g/mol. The predicted octanol–water partition coefficient (Wildman–Crippen LogP) is 2.06. The van der Waals surface area contributed by atoms with Gasteiger partial charge >= 0.3 is 5.69 Å². The molecule has 0 aliphatic heterocycles. The highest BCUT2D eigenvalue weighted by Crippen LogP contribution is 2.32. The second kappa shape index (κ2) is 9.05. The minimum Gasteiger partial charge on any atom is -0.350 e. The maximum absolute atomic E-state index is 13.0. The average Bonchev–Trinajstić information content (AvgIpc) is 3.59. The molecule has 0 atom stereocenters. The van der Waals surface area contributed by atoms with Gasteiger partial charge in [-0.05, 0) is 49.4 Å². The summed E-state index contributed by atoms with van der Waals surface area (Å²) >= 11 is 0. The molecule has 1 amide bonds. The number of aromatic amines is 1. The normalized spacial score (nSPS) is 13.3. The predicted molar refractivity (Wildman–Crippen MR) is 127 cm³/mol. The molecule has 1 saturated carbocycles. The Morgan fingerprint density at radius 2 is 2.06 bits per heavy atom. The largest absolute Gasteiger partial charge is 0.350 e. The molecule has 2 N–H and O–H groups in total. The molecule has 4 aromatic heterocycles. The number of imidazole rings is 1. The third-order valence-electron chi connectivity index (χ3n) is 5.86. The maximum atomic E-state index is 13.0. The number of nitrogens with one attached hydrogen (secondary N) is 2. The van der Waals surface area contributed by atoms with Gasteiger partial charge in [-0.1, -0.05) is 13.0 Å². The van der Waals surface area contributed by atoms with E-state index in [2.05, 4.69) is 25.3 Å². The Morgan fingerprint density at radius 1 is 1.21 bits per heavy atom. The van der Waals surface area contributed by atoms with Crippen LogP contribution >= 0.6 is 0 Å². The quantitative estimate of drug-likeness (QED) is 0.415. The monoisotopic (exact) mass is 459 g/mol. The average molecular weight is 460 g/mol. The third-order valence-corrected chi connectivity index (χ3v) is 5.86. The number of carbonyl (C=O) groups excluding carboxylic acids is 1. The number of rotatable bonds is 8. The van der Waals surface area contributed by atoms with E-state index >= 15 is 0 Å². The molecule has 1 aliphatic carbocycles. The molecule has 1 aliphatic rings. The third kappa shape index (κ3) is 4.14. The Morgan fingerprint density at radius 3 is 2.74 bits per heavy atom. The van der Waals surface area contributed by atoms with Gasteiger partial charge in [-0.25, -0.2) is 9.78 Å². The number of amides is 1. The first kappa shape index (κ1) is 21.7. The van der Waals surface area contributed by atoms with Crippen LogP contribution in [0.3, 0.4) is 0 Å². The number of hydrogen-bond acceptors (Lipinski definition) is 6. The van der Waals surface area contributed by atoms with Crippen molar-refractivity contribution in [3.63, 3.8) is 0 Å². The lowest BCUT2D eigenvalue weighted by molar-refractivity contribution is 0.0949. The van der Waals surface area contributed by atoms with E-state index in [1.807, 2.05) is 19.1 Å². The van der Waals surface area contributed by atoms with Crippen LogP contribution in [-0.4, -0.2) is 41.5 Å². The van der Waals surface area contributed by atoms with E-state index in [0.29, 0.717) is 42.1 Å². The standard InChI is InChI=1S/C24H25N7O3/c1-2-12-30-21-19(23(33)31(24(30)34)17-6-7-17)28-20(29-21)16-5-8-18(27-14-16)22(32)26-11-9-15-4-3-10-25-13-15/h3-5,8,10,13-14,17H,2,6-7,9,11-12H2,1H3,(H,26,32)(H,28,29). The second-order valence-corrected chi connectivity index (χ2v) is 8.42. The highest BCUT2D eigenvalue weighted by molar-refractivity contribution is 5.92. The fourth-order valence-corrected chi connectivity index (χ4v) is 3.98. The number of aryl methyl sites for hydroxylation is 1. The second-order valence-electron chi connectivity index (χ2n) is 8.42. The summed E-state index contributed by atoms with van der Waals surface area (Å²) in [5.74, 6) is 0.157. The first-order valence-corrected chi connectivity index (χ1v) is 11.5. The van der Waals surface area contributed by atoms with E-state index in [0.717, 1.165) is 24.8 Å². The van der Waals surface area contributed by atoms with Crippen molar-refractivity contribution >= 4 is 17.1 Å². The van der Waals surface area contributed by atoms with Crippen LogP contribution in [0.1, 0.15) is 48.3 Å². The van der Waals surface area contributed by atoms with E-state index in [1.165, 1.54) is 10.8 Å². The van der Waals surface area contributed by atoms with Crippen molar-refractivity contribution in [1.29, 1.82) is 0 Å². The van der Waals surface area contributed by atoms with Crippen LogP contribution in [0.25, 0.3) is 22.6 Å². The summed E-state index contributed by atoms with van der Waals surface area (Å²) in [6, 6.07) is 7.13. The SMILES string of the molecule is CCCn1c(=O)n(C2CC2)c(=O)c2[nH]c(-c3ccc(C(=O)NCCc4cccnc4)nc3)nc21. The van der Waals surface area contributed by atoms with Crippen LogP contribution < -0.4 is 16.6 Å². The molecule has 0 spiro atoms. The lowest BCUT2D eigenvalue weighted by Crippen LogP contribution is -2.39. The Labute approximate surface area is 194 Å². The van der Waals surface area contributed by atoms with E-state index in [1.54, 1.807) is 29.1 Å². The number of fused-ring (bicyclic) bond motifs is 1. The molecule has 0 saturated heterocycles. The molecule has 0 bridgehead atoms. The molecule has 174 valence electrons. The van der Waals surface area contributed by atoms with Gasteiger partial charge in [0.25, 0.3) is 11.5 Å². The molecule has 10 nitrogen and oxygen atoms in total. The zero-order valence-corrected chi connectivity index (χ0v) is 18.8. The van der Waals surface area contributed by atoms with Crippen molar-refractivity contribution in [2.24, 2.45) is 0 Å². The Balaban J connectivity index is 1.38. The van der Waals surface area contributed by atoms with Crippen LogP contribution in [0.5, 0.6) is 0 Å². The number of carbonyl (C=O) groups is 1. The topological polar surface area (TPSA) is 128 Å². The van der Waals surface area contributed by atoms with Crippen LogP contribution in [0.2, 0.25) is 0 Å². The van der Waals surface area contributed by atoms with Crippen molar-refractivity contribution in [1.82, 2.24) is 34.4 Å². The number of aromatic nitrogens is 6. The van der Waals surface area contributed by atoms with Gasteiger partial charge in [0, 0.05) is 43.3 Å². The van der Waals surface area contributed by atoms with Crippen LogP contribution in [0, 0.1) is 0 Å². The first-order valence-electron chi connectivity index (χ1n) is 11.5. The highest BCUT2D eigenvalue weighted by Gasteiger charge is 2.29. The number of H-pyrrole nitrogens is 1. The summed E-state index contributed by atoms with van der Waals surface area (Å²) in [5, 5.41) is 2.85. The van der Waals surface area contributed by atoms with E-state index < -0.39 is 0 Å². The Bertz CT molecular complexity index is 1450. The zero-order valence-electron chi connectivity index (χ0n) is 18.8. The molecule has 5 rings (SSSR count). The Hall–Kier alpha value is -4.08. The molecule has 4 heterocycles. The van der Waals surface area contributed by atoms with E-state index in [4.69, 9.17) is 0 Å². The smallest absolute Gasteiger partial charge is 0.333 e. The minimum absolute atomic E-state index is 0.0307. The van der Waals surface area contributed by atoms with Gasteiger partial charge in [0.15, 0.2) is 5.65 Å². The molecule has 0 radical (unpaired) electrons. The van der Waals surface area contributed by atoms with Gasteiger partial charge in [-0.3, -0.25) is 28.7 Å². The van der Waals surface area contributed by atoms with Gasteiger partial charge < -0.3 is 10.3 Å². The number of pyridine rings is 2. The maximum Gasteiger partial charge on any atom is 0.333 e. The number of hydrogen-bond donors (Lipinski definition) is 2. The molecule has 4 aromatic rings. The van der Waals surface area contributed by atoms with Crippen LogP contribution in [0.4, 0.5) is 0 Å². The zero-order chi connectivity index (χ0) is 23.7. The van der Waals surface area contributed by atoms with Gasteiger partial charge in [0.1, 0.15) is 17.0 Å². The highest BCUT2D eigenvalue weighted by atomic mass is 16.2. The van der Waals surface area contributed by atoms with Crippen molar-refractivity contribution in [2.45, 2.75) is 45.2 Å². The van der Waals surface area contributed by atoms with E-state index in [-0.39, 0.29) is 28.9 Å². The summed E-state index contributed by atoms with van der Waals surface area (Å²) in [5.41, 5.74) is 1.95. The fraction of sp³-hybridized carbons (Fsp3) is 0.333. The van der Waals surface area contributed by atoms with Gasteiger partial charge in [0.2, 0.25) is 0 Å². The molecule has 1 fully saturated rings. The van der Waals surface area contributed by atoms with Gasteiger partial charge in [-0.2, -0.15) is 0 Å². The van der Waals surface area contributed by atoms with Crippen molar-refractivity contribution in [3.05, 3.63) is 75.0 Å². The molecule has 10 heteroatoms. The van der Waals surface area contributed by atoms with Gasteiger partial charge in [0.05, 0.1) is 0 Å². The summed E-state index contributed by atoms with van der Waals surface area (Å²) in [7, 11) is 0. The summed E-state index contributed by atoms with van der Waals surface area (Å²) in [4.78, 5) is 54.3.